The Bertz CT molecular complexity index is 277. The first-order valence-corrected chi connectivity index (χ1v) is 5.03. The molecule has 0 radical (unpaired) electrons. The maximum Gasteiger partial charge on any atom is 0.0641 e. The molecule has 0 spiro atoms. The summed E-state index contributed by atoms with van der Waals surface area (Å²) < 4.78 is 1.81. The van der Waals surface area contributed by atoms with Crippen molar-refractivity contribution >= 4 is 0 Å². The first-order chi connectivity index (χ1) is 6.69. The van der Waals surface area contributed by atoms with Gasteiger partial charge < -0.3 is 10.4 Å². The van der Waals surface area contributed by atoms with Crippen LogP contribution in [0, 0.1) is 6.92 Å². The zero-order valence-corrected chi connectivity index (χ0v) is 9.12. The molecule has 1 aromatic rings. The third-order valence-corrected chi connectivity index (χ3v) is 2.30. The van der Waals surface area contributed by atoms with E-state index in [4.69, 9.17) is 5.11 Å². The molecule has 0 aliphatic carbocycles. The number of rotatable bonds is 5. The van der Waals surface area contributed by atoms with Crippen LogP contribution in [-0.4, -0.2) is 28.0 Å². The van der Waals surface area contributed by atoms with E-state index < -0.39 is 0 Å². The summed E-state index contributed by atoms with van der Waals surface area (Å²) in [5.74, 6) is 0. The van der Waals surface area contributed by atoms with E-state index in [1.54, 1.807) is 0 Å². The Balaban J connectivity index is 2.80. The summed E-state index contributed by atoms with van der Waals surface area (Å²) in [5.41, 5.74) is 2.22. The van der Waals surface area contributed by atoms with Gasteiger partial charge in [-0.25, -0.2) is 0 Å². The van der Waals surface area contributed by atoms with Gasteiger partial charge in [-0.3, -0.25) is 4.68 Å². The third kappa shape index (κ3) is 2.56. The molecule has 4 heteroatoms. The van der Waals surface area contributed by atoms with Gasteiger partial charge in [-0.1, -0.05) is 6.92 Å². The second-order valence-electron chi connectivity index (χ2n) is 3.47. The van der Waals surface area contributed by atoms with Gasteiger partial charge in [0.05, 0.1) is 5.69 Å². The first-order valence-electron chi connectivity index (χ1n) is 5.03. The van der Waals surface area contributed by atoms with Crippen molar-refractivity contribution < 1.29 is 5.11 Å². The van der Waals surface area contributed by atoms with Crippen LogP contribution in [0.1, 0.15) is 30.6 Å². The highest BCUT2D eigenvalue weighted by molar-refractivity contribution is 5.19. The quantitative estimate of drug-likeness (QED) is 0.732. The molecule has 80 valence electrons. The number of aliphatic hydroxyl groups excluding tert-OH is 1. The zero-order chi connectivity index (χ0) is 10.6. The summed E-state index contributed by atoms with van der Waals surface area (Å²) in [7, 11) is 1.92. The Morgan fingerprint density at radius 2 is 2.36 bits per heavy atom. The van der Waals surface area contributed by atoms with Crippen LogP contribution < -0.4 is 5.32 Å². The van der Waals surface area contributed by atoms with Gasteiger partial charge in [0.15, 0.2) is 0 Å². The van der Waals surface area contributed by atoms with Crippen molar-refractivity contribution in [2.45, 2.75) is 26.3 Å². The van der Waals surface area contributed by atoms with Crippen molar-refractivity contribution in [1.29, 1.82) is 0 Å². The summed E-state index contributed by atoms with van der Waals surface area (Å²) in [6.45, 7) is 5.16. The van der Waals surface area contributed by atoms with Crippen LogP contribution in [0.4, 0.5) is 0 Å². The number of aryl methyl sites for hydroxylation is 2. The summed E-state index contributed by atoms with van der Waals surface area (Å²) in [6, 6.07) is 0.221. The molecule has 2 N–H and O–H groups in total. The van der Waals surface area contributed by atoms with Crippen molar-refractivity contribution in [2.24, 2.45) is 7.05 Å². The summed E-state index contributed by atoms with van der Waals surface area (Å²) >= 11 is 0. The van der Waals surface area contributed by atoms with Crippen LogP contribution in [-0.2, 0) is 7.05 Å². The number of aliphatic hydroxyl groups is 1. The Morgan fingerprint density at radius 3 is 2.79 bits per heavy atom. The lowest BCUT2D eigenvalue weighted by Gasteiger charge is -2.15. The van der Waals surface area contributed by atoms with Gasteiger partial charge in [-0.05, 0) is 19.9 Å². The summed E-state index contributed by atoms with van der Waals surface area (Å²) in [5, 5.41) is 16.6. The van der Waals surface area contributed by atoms with Crippen LogP contribution in [0.2, 0.25) is 0 Å². The second-order valence-corrected chi connectivity index (χ2v) is 3.47. The van der Waals surface area contributed by atoms with Crippen LogP contribution in [0.5, 0.6) is 0 Å². The van der Waals surface area contributed by atoms with Crippen molar-refractivity contribution in [1.82, 2.24) is 15.1 Å². The molecule has 0 aliphatic rings. The minimum absolute atomic E-state index is 0.200. The molecule has 0 aliphatic heterocycles. The lowest BCUT2D eigenvalue weighted by atomic mass is 10.1. The van der Waals surface area contributed by atoms with Gasteiger partial charge in [0.25, 0.3) is 0 Å². The predicted molar refractivity (Wildman–Crippen MR) is 56.1 cm³/mol. The molecule has 0 aromatic carbocycles. The lowest BCUT2D eigenvalue weighted by molar-refractivity contribution is 0.266. The molecule has 0 amide bonds. The molecule has 0 bridgehead atoms. The van der Waals surface area contributed by atoms with Gasteiger partial charge in [0.2, 0.25) is 0 Å². The molecular formula is C10H19N3O. The Hall–Kier alpha value is -0.870. The highest BCUT2D eigenvalue weighted by Gasteiger charge is 2.14. The molecule has 0 saturated heterocycles. The van der Waals surface area contributed by atoms with Crippen LogP contribution in [0.15, 0.2) is 6.20 Å². The Morgan fingerprint density at radius 1 is 1.64 bits per heavy atom. The number of hydrogen-bond donors (Lipinski definition) is 2. The normalized spacial score (nSPS) is 13.1. The van der Waals surface area contributed by atoms with Gasteiger partial charge in [0, 0.05) is 31.5 Å². The molecule has 4 nitrogen and oxygen atoms in total. The van der Waals surface area contributed by atoms with Gasteiger partial charge >= 0.3 is 0 Å². The Kier molecular flexibility index (Phi) is 4.10. The van der Waals surface area contributed by atoms with Gasteiger partial charge in [-0.2, -0.15) is 5.10 Å². The number of hydrogen-bond acceptors (Lipinski definition) is 3. The van der Waals surface area contributed by atoms with E-state index in [0.29, 0.717) is 0 Å². The molecule has 1 heterocycles. The highest BCUT2D eigenvalue weighted by Crippen LogP contribution is 2.18. The number of aromatic nitrogens is 2. The number of nitrogens with one attached hydrogen (secondary N) is 1. The minimum Gasteiger partial charge on any atom is -0.396 e. The fourth-order valence-corrected chi connectivity index (χ4v) is 1.70. The zero-order valence-electron chi connectivity index (χ0n) is 9.12. The second kappa shape index (κ2) is 5.12. The number of nitrogens with zero attached hydrogens (tertiary/aromatic N) is 2. The van der Waals surface area contributed by atoms with E-state index in [9.17, 15) is 0 Å². The monoisotopic (exact) mass is 197 g/mol. The van der Waals surface area contributed by atoms with E-state index in [1.807, 2.05) is 24.9 Å². The average Bonchev–Trinajstić information content (AvgIpc) is 2.45. The fourth-order valence-electron chi connectivity index (χ4n) is 1.70. The van der Waals surface area contributed by atoms with E-state index in [-0.39, 0.29) is 12.6 Å². The smallest absolute Gasteiger partial charge is 0.0641 e. The van der Waals surface area contributed by atoms with E-state index in [0.717, 1.165) is 18.7 Å². The average molecular weight is 197 g/mol. The largest absolute Gasteiger partial charge is 0.396 e. The third-order valence-electron chi connectivity index (χ3n) is 2.30. The molecule has 0 fully saturated rings. The van der Waals surface area contributed by atoms with Crippen molar-refractivity contribution in [2.75, 3.05) is 13.2 Å². The minimum atomic E-state index is 0.200. The predicted octanol–water partition coefficient (Wildman–Crippen LogP) is 0.762. The molecule has 1 unspecified atom stereocenters. The van der Waals surface area contributed by atoms with Crippen LogP contribution >= 0.6 is 0 Å². The van der Waals surface area contributed by atoms with Crippen molar-refractivity contribution in [3.05, 3.63) is 17.5 Å². The lowest BCUT2D eigenvalue weighted by Crippen LogP contribution is -2.22. The molecule has 14 heavy (non-hydrogen) atoms. The first kappa shape index (κ1) is 11.2. The Labute approximate surface area is 84.9 Å². The van der Waals surface area contributed by atoms with Crippen molar-refractivity contribution in [3.63, 3.8) is 0 Å². The van der Waals surface area contributed by atoms with Crippen LogP contribution in [0.3, 0.4) is 0 Å². The van der Waals surface area contributed by atoms with Crippen LogP contribution in [0.25, 0.3) is 0 Å². The van der Waals surface area contributed by atoms with Crippen molar-refractivity contribution in [3.8, 4) is 0 Å². The molecule has 0 saturated carbocycles. The molecule has 1 rings (SSSR count). The fraction of sp³-hybridized carbons (Fsp3) is 0.700. The molecule has 1 aromatic heterocycles. The van der Waals surface area contributed by atoms with Gasteiger partial charge in [0.1, 0.15) is 0 Å². The topological polar surface area (TPSA) is 50.1 Å². The maximum absolute atomic E-state index is 8.96. The van der Waals surface area contributed by atoms with E-state index in [2.05, 4.69) is 17.3 Å². The summed E-state index contributed by atoms with van der Waals surface area (Å²) in [6.07, 6.45) is 2.75. The molecule has 1 atom stereocenters. The maximum atomic E-state index is 8.96. The highest BCUT2D eigenvalue weighted by atomic mass is 16.3. The van der Waals surface area contributed by atoms with E-state index in [1.165, 1.54) is 5.56 Å². The SMILES string of the molecule is CCNC(CCO)c1cn(C)nc1C. The summed E-state index contributed by atoms with van der Waals surface area (Å²) in [4.78, 5) is 0. The van der Waals surface area contributed by atoms with Gasteiger partial charge in [-0.15, -0.1) is 0 Å². The van der Waals surface area contributed by atoms with E-state index >= 15 is 0 Å². The molecular weight excluding hydrogens is 178 g/mol. The standard InChI is InChI=1S/C10H19N3O/c1-4-11-10(5-6-14)9-7-13(3)12-8(9)2/h7,10-11,14H,4-6H2,1-3H3.